The molecule has 0 bridgehead atoms. The average molecular weight is 281 g/mol. The molecule has 0 spiro atoms. The van der Waals surface area contributed by atoms with Gasteiger partial charge in [0, 0.05) is 16.3 Å². The summed E-state index contributed by atoms with van der Waals surface area (Å²) in [6.07, 6.45) is 0.826. The molecule has 0 saturated carbocycles. The number of hydrogen-bond donors (Lipinski definition) is 1. The van der Waals surface area contributed by atoms with Crippen molar-refractivity contribution in [1.29, 1.82) is 0 Å². The maximum absolute atomic E-state index is 10.9. The van der Waals surface area contributed by atoms with Crippen molar-refractivity contribution in [3.63, 3.8) is 0 Å². The third-order valence-corrected chi connectivity index (χ3v) is 4.15. The highest BCUT2D eigenvalue weighted by molar-refractivity contribution is 7.10. The fourth-order valence-corrected chi connectivity index (χ4v) is 3.19. The van der Waals surface area contributed by atoms with Gasteiger partial charge in [0.1, 0.15) is 0 Å². The van der Waals surface area contributed by atoms with Crippen molar-refractivity contribution < 1.29 is 9.90 Å². The number of carboxylic acids is 1. The van der Waals surface area contributed by atoms with Gasteiger partial charge in [0.25, 0.3) is 0 Å². The molecular weight excluding hydrogens is 268 g/mol. The SMILES string of the molecule is Cc1csc(Cc2cccc(Cl)c2)c1CC(=O)O. The Bertz CT molecular complexity index is 575. The minimum atomic E-state index is -0.788. The molecule has 0 atom stereocenters. The molecule has 1 heterocycles. The molecule has 4 heteroatoms. The van der Waals surface area contributed by atoms with Gasteiger partial charge in [-0.15, -0.1) is 11.3 Å². The summed E-state index contributed by atoms with van der Waals surface area (Å²) in [5, 5.41) is 11.6. The third kappa shape index (κ3) is 3.12. The lowest BCUT2D eigenvalue weighted by atomic mass is 10.0. The van der Waals surface area contributed by atoms with Gasteiger partial charge < -0.3 is 5.11 Å². The number of thiophene rings is 1. The fraction of sp³-hybridized carbons (Fsp3) is 0.214. The summed E-state index contributed by atoms with van der Waals surface area (Å²) in [5.74, 6) is -0.788. The number of carboxylic acid groups (broad SMARTS) is 1. The van der Waals surface area contributed by atoms with Crippen molar-refractivity contribution in [3.8, 4) is 0 Å². The summed E-state index contributed by atoms with van der Waals surface area (Å²) in [5.41, 5.74) is 3.10. The van der Waals surface area contributed by atoms with Crippen LogP contribution in [0, 0.1) is 6.92 Å². The van der Waals surface area contributed by atoms with E-state index >= 15 is 0 Å². The van der Waals surface area contributed by atoms with Gasteiger partial charge in [-0.25, -0.2) is 0 Å². The summed E-state index contributed by atoms with van der Waals surface area (Å²) in [7, 11) is 0. The molecule has 94 valence electrons. The number of carbonyl (C=O) groups is 1. The Morgan fingerprint density at radius 3 is 2.89 bits per heavy atom. The van der Waals surface area contributed by atoms with Crippen molar-refractivity contribution >= 4 is 28.9 Å². The Kier molecular flexibility index (Phi) is 4.04. The first-order valence-electron chi connectivity index (χ1n) is 5.58. The lowest BCUT2D eigenvalue weighted by molar-refractivity contribution is -0.136. The van der Waals surface area contributed by atoms with Crippen molar-refractivity contribution in [2.75, 3.05) is 0 Å². The summed E-state index contributed by atoms with van der Waals surface area (Å²) in [6, 6.07) is 7.67. The molecule has 1 aromatic carbocycles. The van der Waals surface area contributed by atoms with Gasteiger partial charge in [0.05, 0.1) is 6.42 Å². The van der Waals surface area contributed by atoms with Crippen LogP contribution in [0.5, 0.6) is 0 Å². The normalized spacial score (nSPS) is 10.6. The van der Waals surface area contributed by atoms with Gasteiger partial charge in [-0.3, -0.25) is 4.79 Å². The predicted octanol–water partition coefficient (Wildman–Crippen LogP) is 3.93. The molecule has 2 aromatic rings. The number of benzene rings is 1. The molecule has 2 rings (SSSR count). The van der Waals surface area contributed by atoms with Gasteiger partial charge in [-0.1, -0.05) is 23.7 Å². The number of aliphatic carboxylic acids is 1. The Balaban J connectivity index is 2.26. The lowest BCUT2D eigenvalue weighted by Gasteiger charge is -2.04. The lowest BCUT2D eigenvalue weighted by Crippen LogP contribution is -2.03. The monoisotopic (exact) mass is 280 g/mol. The molecule has 0 fully saturated rings. The van der Waals surface area contributed by atoms with E-state index in [0.717, 1.165) is 28.0 Å². The largest absolute Gasteiger partial charge is 0.481 e. The number of halogens is 1. The van der Waals surface area contributed by atoms with Gasteiger partial charge in [-0.2, -0.15) is 0 Å². The Labute approximate surface area is 115 Å². The minimum absolute atomic E-state index is 0.0885. The minimum Gasteiger partial charge on any atom is -0.481 e. The highest BCUT2D eigenvalue weighted by Crippen LogP contribution is 2.26. The van der Waals surface area contributed by atoms with Crippen LogP contribution in [-0.4, -0.2) is 11.1 Å². The standard InChI is InChI=1S/C14H13ClO2S/c1-9-8-18-13(12(9)7-14(16)17)6-10-3-2-4-11(15)5-10/h2-5,8H,6-7H2,1H3,(H,16,17). The first-order chi connectivity index (χ1) is 8.56. The van der Waals surface area contributed by atoms with E-state index in [1.54, 1.807) is 11.3 Å². The van der Waals surface area contributed by atoms with Crippen LogP contribution in [-0.2, 0) is 17.6 Å². The molecule has 0 amide bonds. The first-order valence-corrected chi connectivity index (χ1v) is 6.84. The summed E-state index contributed by atoms with van der Waals surface area (Å²) >= 11 is 7.56. The fourth-order valence-electron chi connectivity index (χ4n) is 1.89. The predicted molar refractivity (Wildman–Crippen MR) is 74.7 cm³/mol. The molecule has 18 heavy (non-hydrogen) atoms. The van der Waals surface area contributed by atoms with Gasteiger partial charge >= 0.3 is 5.97 Å². The molecule has 0 unspecified atom stereocenters. The number of rotatable bonds is 4. The van der Waals surface area contributed by atoms with E-state index < -0.39 is 5.97 Å². The van der Waals surface area contributed by atoms with Gasteiger partial charge in [-0.05, 0) is 41.1 Å². The van der Waals surface area contributed by atoms with Crippen LogP contribution >= 0.6 is 22.9 Å². The Morgan fingerprint density at radius 2 is 2.22 bits per heavy atom. The second kappa shape index (κ2) is 5.55. The molecule has 0 aliphatic heterocycles. The Morgan fingerprint density at radius 1 is 1.44 bits per heavy atom. The highest BCUT2D eigenvalue weighted by Gasteiger charge is 2.12. The second-order valence-electron chi connectivity index (χ2n) is 4.20. The quantitative estimate of drug-likeness (QED) is 0.921. The van der Waals surface area contributed by atoms with Crippen molar-refractivity contribution in [1.82, 2.24) is 0 Å². The molecule has 2 nitrogen and oxygen atoms in total. The van der Waals surface area contributed by atoms with Crippen LogP contribution in [0.1, 0.15) is 21.6 Å². The summed E-state index contributed by atoms with van der Waals surface area (Å²) in [6.45, 7) is 1.95. The van der Waals surface area contributed by atoms with Crippen LogP contribution < -0.4 is 0 Å². The van der Waals surface area contributed by atoms with Gasteiger partial charge in [0.2, 0.25) is 0 Å². The zero-order valence-corrected chi connectivity index (χ0v) is 11.5. The summed E-state index contributed by atoms with van der Waals surface area (Å²) < 4.78 is 0. The highest BCUT2D eigenvalue weighted by atomic mass is 35.5. The van der Waals surface area contributed by atoms with E-state index in [0.29, 0.717) is 5.02 Å². The van der Waals surface area contributed by atoms with Crippen molar-refractivity contribution in [3.05, 3.63) is 56.2 Å². The van der Waals surface area contributed by atoms with Crippen LogP contribution in [0.3, 0.4) is 0 Å². The van der Waals surface area contributed by atoms with E-state index in [9.17, 15) is 4.79 Å². The van der Waals surface area contributed by atoms with Crippen molar-refractivity contribution in [2.24, 2.45) is 0 Å². The van der Waals surface area contributed by atoms with Gasteiger partial charge in [0.15, 0.2) is 0 Å². The first kappa shape index (κ1) is 13.1. The van der Waals surface area contributed by atoms with Crippen LogP contribution in [0.4, 0.5) is 0 Å². The Hall–Kier alpha value is -1.32. The molecular formula is C14H13ClO2S. The van der Waals surface area contributed by atoms with Crippen molar-refractivity contribution in [2.45, 2.75) is 19.8 Å². The van der Waals surface area contributed by atoms with E-state index in [1.807, 2.05) is 36.6 Å². The average Bonchev–Trinajstić information content (AvgIpc) is 2.61. The molecule has 0 saturated heterocycles. The number of aryl methyl sites for hydroxylation is 1. The van der Waals surface area contributed by atoms with E-state index in [4.69, 9.17) is 16.7 Å². The topological polar surface area (TPSA) is 37.3 Å². The maximum atomic E-state index is 10.9. The van der Waals surface area contributed by atoms with E-state index in [2.05, 4.69) is 0 Å². The zero-order valence-electron chi connectivity index (χ0n) is 9.94. The zero-order chi connectivity index (χ0) is 13.1. The van der Waals surface area contributed by atoms with E-state index in [-0.39, 0.29) is 6.42 Å². The molecule has 0 aliphatic carbocycles. The van der Waals surface area contributed by atoms with Crippen LogP contribution in [0.2, 0.25) is 5.02 Å². The van der Waals surface area contributed by atoms with E-state index in [1.165, 1.54) is 0 Å². The molecule has 1 aromatic heterocycles. The number of hydrogen-bond acceptors (Lipinski definition) is 2. The molecule has 1 N–H and O–H groups in total. The molecule has 0 aliphatic rings. The van der Waals surface area contributed by atoms with Crippen LogP contribution in [0.25, 0.3) is 0 Å². The summed E-state index contributed by atoms with van der Waals surface area (Å²) in [4.78, 5) is 12.0. The maximum Gasteiger partial charge on any atom is 0.307 e. The molecule has 0 radical (unpaired) electrons. The smallest absolute Gasteiger partial charge is 0.307 e. The van der Waals surface area contributed by atoms with Crippen LogP contribution in [0.15, 0.2) is 29.6 Å². The second-order valence-corrected chi connectivity index (χ2v) is 5.60. The third-order valence-electron chi connectivity index (χ3n) is 2.77.